The molecule has 9 heteroatoms. The van der Waals surface area contributed by atoms with E-state index in [0.717, 1.165) is 30.8 Å². The van der Waals surface area contributed by atoms with E-state index in [1.165, 1.54) is 0 Å². The van der Waals surface area contributed by atoms with E-state index in [1.54, 1.807) is 18.0 Å². The van der Waals surface area contributed by atoms with E-state index >= 15 is 0 Å². The minimum Gasteiger partial charge on any atom is -0.495 e. The number of hydrogen-bond donors (Lipinski definition) is 0. The minimum absolute atomic E-state index is 0.512. The van der Waals surface area contributed by atoms with Crippen LogP contribution in [-0.4, -0.2) is 59.2 Å². The summed E-state index contributed by atoms with van der Waals surface area (Å²) in [7, 11) is 1.61. The van der Waals surface area contributed by atoms with Crippen molar-refractivity contribution in [1.82, 2.24) is 19.7 Å². The summed E-state index contributed by atoms with van der Waals surface area (Å²) in [5.41, 5.74) is 3.04. The first kappa shape index (κ1) is 21.6. The second kappa shape index (κ2) is 9.26. The average Bonchev–Trinajstić information content (AvgIpc) is 3.10. The van der Waals surface area contributed by atoms with Gasteiger partial charge in [0.05, 0.1) is 28.5 Å². The summed E-state index contributed by atoms with van der Waals surface area (Å²) in [5.74, 6) is 0.649. The number of ether oxygens (including phenoxy) is 1. The molecule has 1 aliphatic heterocycles. The molecular weight excluding hydrogens is 437 g/mol. The Hall–Kier alpha value is -2.61. The Morgan fingerprint density at radius 3 is 2.55 bits per heavy atom. The van der Waals surface area contributed by atoms with Crippen LogP contribution in [0.3, 0.4) is 0 Å². The van der Waals surface area contributed by atoms with E-state index in [1.807, 2.05) is 43.3 Å². The number of benzene rings is 1. The summed E-state index contributed by atoms with van der Waals surface area (Å²) in [6, 6.07) is 11.3. The summed E-state index contributed by atoms with van der Waals surface area (Å²) in [4.78, 5) is 20.8. The van der Waals surface area contributed by atoms with Gasteiger partial charge in [0, 0.05) is 44.1 Å². The van der Waals surface area contributed by atoms with Crippen LogP contribution < -0.4 is 9.64 Å². The van der Waals surface area contributed by atoms with Crippen LogP contribution in [0, 0.1) is 6.92 Å². The van der Waals surface area contributed by atoms with Crippen LogP contribution in [0.4, 0.5) is 5.69 Å². The van der Waals surface area contributed by atoms with Gasteiger partial charge in [0.15, 0.2) is 12.5 Å². The molecular formula is C22H23Cl2N5O2. The number of methoxy groups -OCH3 is 1. The smallest absolute Gasteiger partial charge is 0.160 e. The first-order valence-electron chi connectivity index (χ1n) is 9.97. The number of aldehydes is 1. The molecule has 7 nitrogen and oxygen atoms in total. The molecule has 1 aliphatic rings. The summed E-state index contributed by atoms with van der Waals surface area (Å²) in [6.45, 7) is 4.79. The highest BCUT2D eigenvalue weighted by Crippen LogP contribution is 2.32. The van der Waals surface area contributed by atoms with Crippen LogP contribution in [0.5, 0.6) is 5.75 Å². The molecule has 4 rings (SSSR count). The second-order valence-corrected chi connectivity index (χ2v) is 8.08. The molecule has 0 radical (unpaired) electrons. The third-order valence-corrected chi connectivity index (χ3v) is 6.31. The number of pyridine rings is 1. The molecule has 0 amide bonds. The molecule has 0 bridgehead atoms. The van der Waals surface area contributed by atoms with Crippen LogP contribution in [0.25, 0.3) is 11.4 Å². The highest BCUT2D eigenvalue weighted by Gasteiger charge is 2.28. The molecule has 31 heavy (non-hydrogen) atoms. The first-order chi connectivity index (χ1) is 15.0. The lowest BCUT2D eigenvalue weighted by atomic mass is 10.2. The van der Waals surface area contributed by atoms with E-state index in [-0.39, 0.29) is 0 Å². The Morgan fingerprint density at radius 1 is 1.13 bits per heavy atom. The van der Waals surface area contributed by atoms with Gasteiger partial charge >= 0.3 is 0 Å². The second-order valence-electron chi connectivity index (χ2n) is 7.30. The maximum Gasteiger partial charge on any atom is 0.160 e. The number of nitrogens with zero attached hydrogens (tertiary/aromatic N) is 5. The molecule has 162 valence electrons. The van der Waals surface area contributed by atoms with E-state index in [4.69, 9.17) is 27.9 Å². The van der Waals surface area contributed by atoms with Crippen molar-refractivity contribution in [3.8, 4) is 17.1 Å². The SMILES string of the molecule is COc1cc(N2CCN(C(C=O)n3nc(-c4ccccn4)c(Cl)c3C)CC2)ccc1Cl. The zero-order valence-corrected chi connectivity index (χ0v) is 18.8. The molecule has 0 saturated carbocycles. The molecule has 1 fully saturated rings. The molecule has 1 unspecified atom stereocenters. The van der Waals surface area contributed by atoms with Crippen molar-refractivity contribution in [2.24, 2.45) is 0 Å². The standard InChI is InChI=1S/C22H23Cl2N5O2/c1-15-21(24)22(18-5-3-4-8-25-18)26-29(15)20(14-30)28-11-9-27(10-12-28)16-6-7-17(23)19(13-16)31-2/h3-8,13-14,20H,9-12H2,1-2H3. The lowest BCUT2D eigenvalue weighted by Gasteiger charge is -2.38. The average molecular weight is 460 g/mol. The number of rotatable bonds is 6. The van der Waals surface area contributed by atoms with Crippen molar-refractivity contribution < 1.29 is 9.53 Å². The van der Waals surface area contributed by atoms with Crippen LogP contribution in [0.2, 0.25) is 10.0 Å². The van der Waals surface area contributed by atoms with Gasteiger partial charge in [0.25, 0.3) is 0 Å². The van der Waals surface area contributed by atoms with Crippen molar-refractivity contribution in [3.05, 3.63) is 58.3 Å². The Balaban J connectivity index is 1.52. The fourth-order valence-electron chi connectivity index (χ4n) is 3.81. The van der Waals surface area contributed by atoms with Crippen LogP contribution in [0.15, 0.2) is 42.6 Å². The van der Waals surface area contributed by atoms with Crippen LogP contribution >= 0.6 is 23.2 Å². The number of piperazine rings is 1. The number of anilines is 1. The predicted octanol–water partition coefficient (Wildman–Crippen LogP) is 4.09. The Morgan fingerprint density at radius 2 is 1.90 bits per heavy atom. The summed E-state index contributed by atoms with van der Waals surface area (Å²) >= 11 is 12.7. The quantitative estimate of drug-likeness (QED) is 0.517. The third-order valence-electron chi connectivity index (χ3n) is 5.54. The Labute approximate surface area is 191 Å². The predicted molar refractivity (Wildman–Crippen MR) is 122 cm³/mol. The van der Waals surface area contributed by atoms with Crippen molar-refractivity contribution in [2.45, 2.75) is 13.1 Å². The van der Waals surface area contributed by atoms with E-state index in [0.29, 0.717) is 40.3 Å². The molecule has 2 aromatic heterocycles. The molecule has 0 aliphatic carbocycles. The van der Waals surface area contributed by atoms with Gasteiger partial charge in [0.1, 0.15) is 11.4 Å². The lowest BCUT2D eigenvalue weighted by Crippen LogP contribution is -2.49. The van der Waals surface area contributed by atoms with Gasteiger partial charge in [-0.3, -0.25) is 14.7 Å². The minimum atomic E-state index is -0.531. The molecule has 3 aromatic rings. The number of halogens is 2. The summed E-state index contributed by atoms with van der Waals surface area (Å²) < 4.78 is 7.02. The van der Waals surface area contributed by atoms with E-state index in [9.17, 15) is 4.79 Å². The normalized spacial score (nSPS) is 15.7. The maximum atomic E-state index is 12.1. The zero-order chi connectivity index (χ0) is 22.0. The number of hydrogen-bond acceptors (Lipinski definition) is 6. The van der Waals surface area contributed by atoms with Gasteiger partial charge < -0.3 is 9.64 Å². The van der Waals surface area contributed by atoms with Crippen molar-refractivity contribution in [3.63, 3.8) is 0 Å². The molecule has 0 N–H and O–H groups in total. The topological polar surface area (TPSA) is 63.5 Å². The molecule has 1 aromatic carbocycles. The monoisotopic (exact) mass is 459 g/mol. The Kier molecular flexibility index (Phi) is 6.46. The van der Waals surface area contributed by atoms with Gasteiger partial charge in [-0.15, -0.1) is 0 Å². The van der Waals surface area contributed by atoms with Gasteiger partial charge in [0.2, 0.25) is 0 Å². The van der Waals surface area contributed by atoms with E-state index < -0.39 is 6.17 Å². The molecule has 0 spiro atoms. The van der Waals surface area contributed by atoms with Gasteiger partial charge in [-0.1, -0.05) is 29.3 Å². The van der Waals surface area contributed by atoms with Crippen molar-refractivity contribution in [2.75, 3.05) is 38.2 Å². The number of carbonyl (C=O) groups excluding carboxylic acids is 1. The number of aromatic nitrogens is 3. The third kappa shape index (κ3) is 4.26. The zero-order valence-electron chi connectivity index (χ0n) is 17.3. The van der Waals surface area contributed by atoms with Crippen LogP contribution in [0.1, 0.15) is 11.9 Å². The highest BCUT2D eigenvalue weighted by atomic mass is 35.5. The Bertz CT molecular complexity index is 1070. The fraction of sp³-hybridized carbons (Fsp3) is 0.318. The summed E-state index contributed by atoms with van der Waals surface area (Å²) in [6.07, 6.45) is 2.08. The van der Waals surface area contributed by atoms with Crippen molar-refractivity contribution >= 4 is 35.2 Å². The van der Waals surface area contributed by atoms with E-state index in [2.05, 4.69) is 19.9 Å². The van der Waals surface area contributed by atoms with Crippen LogP contribution in [-0.2, 0) is 4.79 Å². The molecule has 1 atom stereocenters. The summed E-state index contributed by atoms with van der Waals surface area (Å²) in [5, 5.41) is 5.74. The lowest BCUT2D eigenvalue weighted by molar-refractivity contribution is -0.116. The van der Waals surface area contributed by atoms with Gasteiger partial charge in [-0.05, 0) is 31.2 Å². The number of carbonyl (C=O) groups is 1. The van der Waals surface area contributed by atoms with Gasteiger partial charge in [-0.25, -0.2) is 4.68 Å². The molecule has 3 heterocycles. The van der Waals surface area contributed by atoms with Crippen molar-refractivity contribution in [1.29, 1.82) is 0 Å². The highest BCUT2D eigenvalue weighted by molar-refractivity contribution is 6.33. The van der Waals surface area contributed by atoms with Gasteiger partial charge in [-0.2, -0.15) is 5.10 Å². The first-order valence-corrected chi connectivity index (χ1v) is 10.7. The largest absolute Gasteiger partial charge is 0.495 e. The molecule has 1 saturated heterocycles. The maximum absolute atomic E-state index is 12.1. The fourth-order valence-corrected chi connectivity index (χ4v) is 4.23.